The second kappa shape index (κ2) is 14.7. The highest BCUT2D eigenvalue weighted by Crippen LogP contribution is 2.17. The predicted molar refractivity (Wildman–Crippen MR) is 122 cm³/mol. The Morgan fingerprint density at radius 1 is 1.32 bits per heavy atom. The molecule has 3 atom stereocenters. The lowest BCUT2D eigenvalue weighted by Gasteiger charge is -2.28. The maximum atomic E-state index is 11.2. The summed E-state index contributed by atoms with van der Waals surface area (Å²) < 4.78 is 11.1. The van der Waals surface area contributed by atoms with Crippen molar-refractivity contribution < 1.29 is 24.5 Å². The van der Waals surface area contributed by atoms with Crippen LogP contribution in [0.4, 0.5) is 0 Å². The first-order valence-corrected chi connectivity index (χ1v) is 10.9. The Hall–Kier alpha value is -2.29. The molecule has 0 bridgehead atoms. The lowest BCUT2D eigenvalue weighted by molar-refractivity contribution is -0.136. The molecule has 0 aromatic heterocycles. The number of para-hydroxylation sites is 1. The molecule has 1 aromatic carbocycles. The molecule has 0 unspecified atom stereocenters. The number of hydrogen-bond donors (Lipinski definition) is 4. The maximum Gasteiger partial charge on any atom is 0.339 e. The van der Waals surface area contributed by atoms with E-state index in [1.165, 1.54) is 6.07 Å². The van der Waals surface area contributed by atoms with E-state index in [9.17, 15) is 9.90 Å². The summed E-state index contributed by atoms with van der Waals surface area (Å²) >= 11 is 0. The van der Waals surface area contributed by atoms with Crippen molar-refractivity contribution in [3.63, 3.8) is 0 Å². The van der Waals surface area contributed by atoms with Gasteiger partial charge < -0.3 is 35.6 Å². The topological polar surface area (TPSA) is 117 Å². The van der Waals surface area contributed by atoms with Crippen LogP contribution in [0, 0.1) is 0 Å². The Kier molecular flexibility index (Phi) is 12.7. The van der Waals surface area contributed by atoms with Gasteiger partial charge in [-0.3, -0.25) is 0 Å². The highest BCUT2D eigenvalue weighted by Gasteiger charge is 2.15. The minimum absolute atomic E-state index is 0.00579. The van der Waals surface area contributed by atoms with Gasteiger partial charge in [-0.25, -0.2) is 4.79 Å². The average Bonchev–Trinajstić information content (AvgIpc) is 2.73. The molecule has 0 aliphatic heterocycles. The van der Waals surface area contributed by atoms with Crippen LogP contribution < -0.4 is 15.8 Å². The molecule has 0 aliphatic carbocycles. The van der Waals surface area contributed by atoms with Crippen molar-refractivity contribution in [3.05, 3.63) is 41.7 Å². The quantitative estimate of drug-likeness (QED) is 0.230. The molecule has 0 aliphatic rings. The first-order valence-electron chi connectivity index (χ1n) is 10.9. The van der Waals surface area contributed by atoms with E-state index < -0.39 is 12.3 Å². The molecule has 0 heterocycles. The van der Waals surface area contributed by atoms with Gasteiger partial charge in [-0.2, -0.15) is 0 Å². The molecule has 31 heavy (non-hydrogen) atoms. The van der Waals surface area contributed by atoms with Crippen LogP contribution in [0.1, 0.15) is 56.8 Å². The number of allylic oxidation sites excluding steroid dienone is 1. The zero-order chi connectivity index (χ0) is 23.2. The van der Waals surface area contributed by atoms with E-state index in [1.54, 1.807) is 24.4 Å². The van der Waals surface area contributed by atoms with Crippen molar-refractivity contribution in [3.8, 4) is 5.75 Å². The number of carboxylic acids is 1. The van der Waals surface area contributed by atoms with Gasteiger partial charge in [0.2, 0.25) is 0 Å². The third-order valence-electron chi connectivity index (χ3n) is 5.05. The zero-order valence-electron chi connectivity index (χ0n) is 19.2. The number of hydrogen-bond acceptors (Lipinski definition) is 7. The molecule has 8 nitrogen and oxygen atoms in total. The molecule has 1 aromatic rings. The van der Waals surface area contributed by atoms with Crippen molar-refractivity contribution in [2.24, 2.45) is 5.73 Å². The fourth-order valence-corrected chi connectivity index (χ4v) is 3.10. The third-order valence-corrected chi connectivity index (χ3v) is 5.05. The van der Waals surface area contributed by atoms with Crippen molar-refractivity contribution in [2.75, 3.05) is 26.7 Å². The Morgan fingerprint density at radius 2 is 2.03 bits per heavy atom. The number of aliphatic hydroxyl groups excluding tert-OH is 1. The van der Waals surface area contributed by atoms with E-state index in [4.69, 9.17) is 20.3 Å². The second-order valence-corrected chi connectivity index (χ2v) is 7.80. The molecule has 5 N–H and O–H groups in total. The summed E-state index contributed by atoms with van der Waals surface area (Å²) in [6, 6.07) is 6.91. The summed E-state index contributed by atoms with van der Waals surface area (Å²) in [5.41, 5.74) is 6.97. The van der Waals surface area contributed by atoms with Crippen LogP contribution in [0.25, 0.3) is 0 Å². The molecule has 0 fully saturated rings. The van der Waals surface area contributed by atoms with Gasteiger partial charge >= 0.3 is 5.97 Å². The smallest absolute Gasteiger partial charge is 0.339 e. The predicted octanol–water partition coefficient (Wildman–Crippen LogP) is 2.78. The number of carboxylic acid groups (broad SMARTS) is 1. The SMILES string of the molecule is CC[C@H](O)O[C@H](C)C[C@@H](C)N(C)CCC/C(N)=C/NCCOc1ccccc1C(=O)O. The van der Waals surface area contributed by atoms with Crippen LogP contribution in [0.2, 0.25) is 0 Å². The van der Waals surface area contributed by atoms with E-state index >= 15 is 0 Å². The fraction of sp³-hybridized carbons (Fsp3) is 0.609. The normalized spacial score (nSPS) is 14.8. The molecule has 0 amide bonds. The van der Waals surface area contributed by atoms with Gasteiger partial charge in [-0.15, -0.1) is 0 Å². The first-order chi connectivity index (χ1) is 14.7. The molecular formula is C23H39N3O5. The van der Waals surface area contributed by atoms with Gasteiger partial charge in [-0.05, 0) is 65.3 Å². The highest BCUT2D eigenvalue weighted by molar-refractivity contribution is 5.90. The number of nitrogens with two attached hydrogens (primary N) is 1. The summed E-state index contributed by atoms with van der Waals surface area (Å²) in [6.45, 7) is 7.80. The summed E-state index contributed by atoms with van der Waals surface area (Å²) in [4.78, 5) is 13.4. The number of nitrogens with one attached hydrogen (secondary N) is 1. The summed E-state index contributed by atoms with van der Waals surface area (Å²) in [5.74, 6) is -0.651. The van der Waals surface area contributed by atoms with Gasteiger partial charge in [0.15, 0.2) is 6.29 Å². The fourth-order valence-electron chi connectivity index (χ4n) is 3.10. The molecular weight excluding hydrogens is 398 g/mol. The van der Waals surface area contributed by atoms with Crippen LogP contribution in [-0.4, -0.2) is 66.3 Å². The number of benzene rings is 1. The molecule has 0 radical (unpaired) electrons. The largest absolute Gasteiger partial charge is 0.491 e. The standard InChI is InChI=1S/C23H39N3O5/c1-5-22(27)31-18(3)15-17(2)26(4)13-8-9-19(24)16-25-12-14-30-21-11-7-6-10-20(21)23(28)29/h6-7,10-11,16-18,22,25,27H,5,8-9,12-15,24H2,1-4H3,(H,28,29)/b19-16-/t17-,18-,22-/m1/s1. The van der Waals surface area contributed by atoms with Crippen LogP contribution in [0.3, 0.4) is 0 Å². The van der Waals surface area contributed by atoms with E-state index in [2.05, 4.69) is 24.2 Å². The van der Waals surface area contributed by atoms with E-state index in [0.29, 0.717) is 31.4 Å². The van der Waals surface area contributed by atoms with Crippen LogP contribution in [-0.2, 0) is 4.74 Å². The van der Waals surface area contributed by atoms with Gasteiger partial charge in [0.05, 0.1) is 6.10 Å². The number of ether oxygens (including phenoxy) is 2. The van der Waals surface area contributed by atoms with Crippen LogP contribution in [0.5, 0.6) is 5.75 Å². The molecule has 0 spiro atoms. The van der Waals surface area contributed by atoms with E-state index in [1.807, 2.05) is 13.8 Å². The number of aliphatic hydroxyl groups is 1. The molecule has 0 saturated heterocycles. The number of aromatic carboxylic acids is 1. The number of carbonyl (C=O) groups is 1. The Morgan fingerprint density at radius 3 is 2.71 bits per heavy atom. The minimum Gasteiger partial charge on any atom is -0.491 e. The summed E-state index contributed by atoms with van der Waals surface area (Å²) in [7, 11) is 2.08. The minimum atomic E-state index is -1.01. The van der Waals surface area contributed by atoms with Crippen molar-refractivity contribution in [1.82, 2.24) is 10.2 Å². The van der Waals surface area contributed by atoms with Gasteiger partial charge in [0.25, 0.3) is 0 Å². The zero-order valence-corrected chi connectivity index (χ0v) is 19.2. The second-order valence-electron chi connectivity index (χ2n) is 7.80. The molecule has 0 saturated carbocycles. The van der Waals surface area contributed by atoms with Crippen molar-refractivity contribution in [1.29, 1.82) is 0 Å². The highest BCUT2D eigenvalue weighted by atomic mass is 16.6. The molecule has 1 rings (SSSR count). The number of nitrogens with zero attached hydrogens (tertiary/aromatic N) is 1. The lowest BCUT2D eigenvalue weighted by atomic mass is 10.1. The summed E-state index contributed by atoms with van der Waals surface area (Å²) in [6.07, 6.45) is 4.24. The van der Waals surface area contributed by atoms with E-state index in [0.717, 1.165) is 31.5 Å². The van der Waals surface area contributed by atoms with Gasteiger partial charge in [0, 0.05) is 24.5 Å². The Bertz CT molecular complexity index is 683. The van der Waals surface area contributed by atoms with E-state index in [-0.39, 0.29) is 11.7 Å². The van der Waals surface area contributed by atoms with Gasteiger partial charge in [0.1, 0.15) is 17.9 Å². The lowest BCUT2D eigenvalue weighted by Crippen LogP contribution is -2.34. The van der Waals surface area contributed by atoms with Crippen LogP contribution >= 0.6 is 0 Å². The third kappa shape index (κ3) is 11.1. The van der Waals surface area contributed by atoms with Crippen molar-refractivity contribution in [2.45, 2.75) is 64.9 Å². The van der Waals surface area contributed by atoms with Crippen molar-refractivity contribution >= 4 is 5.97 Å². The van der Waals surface area contributed by atoms with Crippen LogP contribution in [0.15, 0.2) is 36.2 Å². The number of rotatable bonds is 16. The molecule has 8 heteroatoms. The van der Waals surface area contributed by atoms with Gasteiger partial charge in [-0.1, -0.05) is 19.1 Å². The summed E-state index contributed by atoms with van der Waals surface area (Å²) in [5, 5.41) is 21.8. The Balaban J connectivity index is 2.23. The monoisotopic (exact) mass is 437 g/mol. The average molecular weight is 438 g/mol. The Labute approximate surface area is 186 Å². The maximum absolute atomic E-state index is 11.2. The first kappa shape index (κ1) is 26.7. The molecule has 176 valence electrons.